The lowest BCUT2D eigenvalue weighted by molar-refractivity contribution is 0.0701. The van der Waals surface area contributed by atoms with Crippen molar-refractivity contribution >= 4 is 28.6 Å². The van der Waals surface area contributed by atoms with Gasteiger partial charge in [-0.05, 0) is 26.0 Å². The highest BCUT2D eigenvalue weighted by atomic mass is 19.1. The predicted molar refractivity (Wildman–Crippen MR) is 103 cm³/mol. The Morgan fingerprint density at radius 1 is 1.31 bits per heavy atom. The molecule has 9 heteroatoms. The summed E-state index contributed by atoms with van der Waals surface area (Å²) in [6.45, 7) is 5.41. The summed E-state index contributed by atoms with van der Waals surface area (Å²) in [5, 5.41) is 5.02. The number of benzene rings is 1. The Bertz CT molecular complexity index is 1150. The first-order chi connectivity index (χ1) is 13.8. The Labute approximate surface area is 165 Å². The first kappa shape index (κ1) is 17.7. The van der Waals surface area contributed by atoms with Gasteiger partial charge in [0.25, 0.3) is 5.91 Å². The molecule has 8 nitrogen and oxygen atoms in total. The largest absolute Gasteiger partial charge is 0.441 e. The molecule has 1 aromatic carbocycles. The first-order valence-corrected chi connectivity index (χ1v) is 9.44. The quantitative estimate of drug-likeness (QED) is 0.721. The number of ether oxygens (including phenoxy) is 1. The number of nitrogens with one attached hydrogen (secondary N) is 1. The summed E-state index contributed by atoms with van der Waals surface area (Å²) in [5.74, 6) is -0.612. The normalized spacial score (nSPS) is 18.2. The van der Waals surface area contributed by atoms with Crippen molar-refractivity contribution in [2.45, 2.75) is 32.5 Å². The van der Waals surface area contributed by atoms with Gasteiger partial charge in [0.1, 0.15) is 17.1 Å². The Kier molecular flexibility index (Phi) is 3.71. The van der Waals surface area contributed by atoms with Gasteiger partial charge in [-0.1, -0.05) is 12.1 Å². The van der Waals surface area contributed by atoms with Crippen molar-refractivity contribution in [3.8, 4) is 0 Å². The maximum Gasteiger partial charge on any atom is 0.415 e. The van der Waals surface area contributed by atoms with E-state index in [1.54, 1.807) is 34.2 Å². The van der Waals surface area contributed by atoms with Gasteiger partial charge in [-0.15, -0.1) is 0 Å². The third-order valence-electron chi connectivity index (χ3n) is 5.39. The maximum atomic E-state index is 14.0. The number of nitrogens with zero attached hydrogens (tertiary/aromatic N) is 4. The molecule has 5 rings (SSSR count). The number of H-pyrrole nitrogens is 1. The number of para-hydroxylation sites is 1. The molecule has 2 amide bonds. The molecule has 1 fully saturated rings. The Morgan fingerprint density at radius 3 is 2.86 bits per heavy atom. The lowest BCUT2D eigenvalue weighted by Gasteiger charge is -2.29. The highest BCUT2D eigenvalue weighted by molar-refractivity contribution is 5.98. The van der Waals surface area contributed by atoms with E-state index in [9.17, 15) is 14.0 Å². The van der Waals surface area contributed by atoms with Crippen LogP contribution in [0.3, 0.4) is 0 Å². The topological polar surface area (TPSA) is 83.5 Å². The van der Waals surface area contributed by atoms with Crippen LogP contribution in [0.4, 0.5) is 14.9 Å². The van der Waals surface area contributed by atoms with Gasteiger partial charge in [0, 0.05) is 11.9 Å². The van der Waals surface area contributed by atoms with Gasteiger partial charge >= 0.3 is 6.09 Å². The van der Waals surface area contributed by atoms with Crippen molar-refractivity contribution in [2.24, 2.45) is 0 Å². The molecule has 0 atom stereocenters. The Balaban J connectivity index is 1.43. The number of carbonyl (C=O) groups is 2. The van der Waals surface area contributed by atoms with E-state index in [1.165, 1.54) is 6.07 Å². The Morgan fingerprint density at radius 2 is 2.14 bits per heavy atom. The molecule has 0 saturated carbocycles. The summed E-state index contributed by atoms with van der Waals surface area (Å²) in [7, 11) is 0. The van der Waals surface area contributed by atoms with Crippen LogP contribution in [0.2, 0.25) is 0 Å². The van der Waals surface area contributed by atoms with Crippen molar-refractivity contribution in [3.63, 3.8) is 0 Å². The minimum atomic E-state index is -0.579. The second-order valence-corrected chi connectivity index (χ2v) is 8.03. The highest BCUT2D eigenvalue weighted by Gasteiger charge is 2.40. The van der Waals surface area contributed by atoms with Gasteiger partial charge in [-0.3, -0.25) is 14.4 Å². The van der Waals surface area contributed by atoms with Crippen LogP contribution in [0.25, 0.3) is 10.9 Å². The summed E-state index contributed by atoms with van der Waals surface area (Å²) < 4.78 is 21.2. The van der Waals surface area contributed by atoms with E-state index in [2.05, 4.69) is 10.1 Å². The minimum Gasteiger partial charge on any atom is -0.441 e. The number of anilines is 1. The van der Waals surface area contributed by atoms with Crippen LogP contribution in [-0.2, 0) is 17.8 Å². The second-order valence-electron chi connectivity index (χ2n) is 8.03. The molecule has 3 aromatic rings. The number of aromatic nitrogens is 3. The molecule has 0 aliphatic carbocycles. The Hall–Kier alpha value is -3.36. The molecule has 2 aromatic heterocycles. The predicted octanol–water partition coefficient (Wildman–Crippen LogP) is 2.89. The van der Waals surface area contributed by atoms with Crippen LogP contribution in [0, 0.1) is 5.82 Å². The van der Waals surface area contributed by atoms with E-state index in [4.69, 9.17) is 4.74 Å². The summed E-state index contributed by atoms with van der Waals surface area (Å²) in [6.07, 6.45) is 1.23. The average Bonchev–Trinajstić information content (AvgIpc) is 3.35. The summed E-state index contributed by atoms with van der Waals surface area (Å²) in [6, 6.07) is 6.39. The molecule has 1 saturated heterocycles. The molecule has 4 heterocycles. The average molecular weight is 397 g/mol. The molecule has 150 valence electrons. The van der Waals surface area contributed by atoms with E-state index in [0.717, 1.165) is 5.69 Å². The number of carbonyl (C=O) groups excluding carboxylic acids is 2. The van der Waals surface area contributed by atoms with Gasteiger partial charge in [-0.25, -0.2) is 9.18 Å². The summed E-state index contributed by atoms with van der Waals surface area (Å²) >= 11 is 0. The van der Waals surface area contributed by atoms with E-state index in [1.807, 2.05) is 18.5 Å². The number of amides is 2. The number of hydrogen-bond acceptors (Lipinski definition) is 4. The minimum absolute atomic E-state index is 0.219. The van der Waals surface area contributed by atoms with Crippen LogP contribution in [-0.4, -0.2) is 50.4 Å². The molecule has 0 radical (unpaired) electrons. The molecule has 0 bridgehead atoms. The van der Waals surface area contributed by atoms with Crippen molar-refractivity contribution in [1.82, 2.24) is 19.7 Å². The molecule has 29 heavy (non-hydrogen) atoms. The molecule has 0 spiro atoms. The van der Waals surface area contributed by atoms with Crippen molar-refractivity contribution in [1.29, 1.82) is 0 Å². The van der Waals surface area contributed by atoms with Crippen molar-refractivity contribution in [3.05, 3.63) is 47.7 Å². The van der Waals surface area contributed by atoms with Gasteiger partial charge in [-0.2, -0.15) is 5.10 Å². The van der Waals surface area contributed by atoms with Gasteiger partial charge in [0.2, 0.25) is 0 Å². The fraction of sp³-hybridized carbons (Fsp3) is 0.350. The SMILES string of the molecule is CC1(C)CN(c2cnn3c2CN(C(=O)c2cc4cccc(F)c4[nH]2)CC3)C(=O)O1. The van der Waals surface area contributed by atoms with Gasteiger partial charge in [0.15, 0.2) is 0 Å². The molecular weight excluding hydrogens is 377 g/mol. The number of aromatic amines is 1. The highest BCUT2D eigenvalue weighted by Crippen LogP contribution is 2.32. The number of fused-ring (bicyclic) bond motifs is 2. The lowest BCUT2D eigenvalue weighted by Crippen LogP contribution is -2.39. The lowest BCUT2D eigenvalue weighted by atomic mass is 10.1. The van der Waals surface area contributed by atoms with Crippen LogP contribution >= 0.6 is 0 Å². The number of halogens is 1. The zero-order valence-corrected chi connectivity index (χ0v) is 16.1. The summed E-state index contributed by atoms with van der Waals surface area (Å²) in [5.41, 5.74) is 1.51. The van der Waals surface area contributed by atoms with Gasteiger partial charge in [0.05, 0.1) is 42.7 Å². The van der Waals surface area contributed by atoms with Crippen LogP contribution in [0.1, 0.15) is 30.0 Å². The molecule has 2 aliphatic heterocycles. The van der Waals surface area contributed by atoms with E-state index >= 15 is 0 Å². The zero-order valence-electron chi connectivity index (χ0n) is 16.1. The second kappa shape index (κ2) is 6.07. The van der Waals surface area contributed by atoms with Crippen LogP contribution in [0.15, 0.2) is 30.5 Å². The molecular formula is C20H20FN5O3. The molecule has 0 unspecified atom stereocenters. The fourth-order valence-electron chi connectivity index (χ4n) is 3.99. The van der Waals surface area contributed by atoms with E-state index in [-0.39, 0.29) is 5.91 Å². The standard InChI is InChI=1S/C20H20FN5O3/c1-20(2)11-25(19(28)29-20)15-9-22-26-7-6-24(10-16(15)26)18(27)14-8-12-4-3-5-13(21)17(12)23-14/h3-5,8-9,23H,6-7,10-11H2,1-2H3. The first-order valence-electron chi connectivity index (χ1n) is 9.44. The van der Waals surface area contributed by atoms with Crippen molar-refractivity contribution in [2.75, 3.05) is 18.0 Å². The monoisotopic (exact) mass is 397 g/mol. The zero-order chi connectivity index (χ0) is 20.3. The number of cyclic esters (lactones) is 1. The van der Waals surface area contributed by atoms with Crippen LogP contribution in [0.5, 0.6) is 0 Å². The third-order valence-corrected chi connectivity index (χ3v) is 5.39. The van der Waals surface area contributed by atoms with E-state index < -0.39 is 17.5 Å². The molecule has 1 N–H and O–H groups in total. The summed E-state index contributed by atoms with van der Waals surface area (Å²) in [4.78, 5) is 31.5. The van der Waals surface area contributed by atoms with Gasteiger partial charge < -0.3 is 14.6 Å². The fourth-order valence-corrected chi connectivity index (χ4v) is 3.99. The molecule has 2 aliphatic rings. The maximum absolute atomic E-state index is 14.0. The number of hydrogen-bond donors (Lipinski definition) is 1. The van der Waals surface area contributed by atoms with Crippen LogP contribution < -0.4 is 4.90 Å². The number of rotatable bonds is 2. The smallest absolute Gasteiger partial charge is 0.415 e. The third kappa shape index (κ3) is 2.84. The van der Waals surface area contributed by atoms with Crippen molar-refractivity contribution < 1.29 is 18.7 Å². The van der Waals surface area contributed by atoms with E-state index in [0.29, 0.717) is 48.5 Å².